The summed E-state index contributed by atoms with van der Waals surface area (Å²) >= 11 is 0.0780. The zero-order valence-corrected chi connectivity index (χ0v) is 13.2. The average Bonchev–Trinajstić information content (AvgIpc) is 2.11. The highest BCUT2D eigenvalue weighted by Gasteiger charge is 2.38. The van der Waals surface area contributed by atoms with E-state index in [1.807, 2.05) is 0 Å². The second-order valence-electron chi connectivity index (χ2n) is 6.91. The monoisotopic (exact) mass is 298 g/mol. The lowest BCUT2D eigenvalue weighted by atomic mass is 9.82. The average molecular weight is 298 g/mol. The summed E-state index contributed by atoms with van der Waals surface area (Å²) in [4.78, 5) is 2.20. The molecule has 1 aliphatic rings. The van der Waals surface area contributed by atoms with Crippen molar-refractivity contribution in [1.29, 1.82) is 0 Å². The Hall–Kier alpha value is 0.0600. The molecule has 19 heavy (non-hydrogen) atoms. The van der Waals surface area contributed by atoms with Crippen LogP contribution in [0.25, 0.3) is 0 Å². The summed E-state index contributed by atoms with van der Waals surface area (Å²) in [5.74, 6) is 0.103. The van der Waals surface area contributed by atoms with Crippen LogP contribution in [0.5, 0.6) is 0 Å². The number of rotatable bonds is 3. The SMILES string of the molecule is CC1(C)CN(CCSC(F)(F)F)C(C(C)(C)C)CN1. The first kappa shape index (κ1) is 17.1. The van der Waals surface area contributed by atoms with Crippen molar-refractivity contribution in [2.45, 2.75) is 51.7 Å². The Balaban J connectivity index is 2.62. The summed E-state index contributed by atoms with van der Waals surface area (Å²) in [7, 11) is 0. The molecule has 1 unspecified atom stereocenters. The first-order valence-electron chi connectivity index (χ1n) is 6.60. The van der Waals surface area contributed by atoms with E-state index in [4.69, 9.17) is 0 Å². The predicted octanol–water partition coefficient (Wildman–Crippen LogP) is 3.34. The van der Waals surface area contributed by atoms with Gasteiger partial charge in [0.15, 0.2) is 0 Å². The first-order chi connectivity index (χ1) is 8.41. The Morgan fingerprint density at radius 2 is 1.84 bits per heavy atom. The van der Waals surface area contributed by atoms with E-state index in [9.17, 15) is 13.2 Å². The van der Waals surface area contributed by atoms with Crippen molar-refractivity contribution in [2.75, 3.05) is 25.4 Å². The standard InChI is InChI=1S/C13H25F3N2S/c1-11(2,3)10-8-17-12(4,5)9-18(10)6-7-19-13(14,15)16/h10,17H,6-9H2,1-5H3. The van der Waals surface area contributed by atoms with Gasteiger partial charge >= 0.3 is 5.51 Å². The van der Waals surface area contributed by atoms with Crippen LogP contribution < -0.4 is 5.32 Å². The second-order valence-corrected chi connectivity index (χ2v) is 8.07. The molecule has 0 aliphatic carbocycles. The van der Waals surface area contributed by atoms with Gasteiger partial charge < -0.3 is 5.32 Å². The quantitative estimate of drug-likeness (QED) is 0.860. The number of thioether (sulfide) groups is 1. The smallest absolute Gasteiger partial charge is 0.309 e. The van der Waals surface area contributed by atoms with E-state index in [1.54, 1.807) is 0 Å². The molecule has 0 radical (unpaired) electrons. The molecular weight excluding hydrogens is 273 g/mol. The van der Waals surface area contributed by atoms with Gasteiger partial charge in [0.05, 0.1) is 0 Å². The highest BCUT2D eigenvalue weighted by atomic mass is 32.2. The minimum absolute atomic E-state index is 0.0371. The number of halogens is 3. The van der Waals surface area contributed by atoms with Crippen LogP contribution in [0.2, 0.25) is 0 Å². The van der Waals surface area contributed by atoms with Gasteiger partial charge in [0.1, 0.15) is 0 Å². The third-order valence-corrected chi connectivity index (χ3v) is 4.17. The summed E-state index contributed by atoms with van der Waals surface area (Å²) < 4.78 is 36.7. The molecule has 0 spiro atoms. The van der Waals surface area contributed by atoms with Gasteiger partial charge in [-0.05, 0) is 31.0 Å². The van der Waals surface area contributed by atoms with Gasteiger partial charge in [-0.3, -0.25) is 4.90 Å². The molecule has 0 aromatic rings. The van der Waals surface area contributed by atoms with Gasteiger partial charge in [-0.1, -0.05) is 20.8 Å². The molecule has 1 rings (SSSR count). The largest absolute Gasteiger partial charge is 0.441 e. The topological polar surface area (TPSA) is 15.3 Å². The van der Waals surface area contributed by atoms with Crippen LogP contribution in [0.1, 0.15) is 34.6 Å². The molecule has 1 saturated heterocycles. The van der Waals surface area contributed by atoms with E-state index in [1.165, 1.54) is 0 Å². The third-order valence-electron chi connectivity index (χ3n) is 3.46. The van der Waals surface area contributed by atoms with E-state index < -0.39 is 5.51 Å². The Morgan fingerprint density at radius 1 is 1.26 bits per heavy atom. The number of nitrogens with zero attached hydrogens (tertiary/aromatic N) is 1. The van der Waals surface area contributed by atoms with E-state index >= 15 is 0 Å². The van der Waals surface area contributed by atoms with Crippen molar-refractivity contribution in [1.82, 2.24) is 10.2 Å². The molecule has 0 aromatic carbocycles. The number of piperazine rings is 1. The second kappa shape index (κ2) is 5.82. The molecule has 114 valence electrons. The summed E-state index contributed by atoms with van der Waals surface area (Å²) in [5, 5.41) is 3.48. The van der Waals surface area contributed by atoms with Gasteiger partial charge in [0.2, 0.25) is 0 Å². The molecule has 0 saturated carbocycles. The van der Waals surface area contributed by atoms with Crippen LogP contribution >= 0.6 is 11.8 Å². The molecule has 0 bridgehead atoms. The maximum atomic E-state index is 12.2. The zero-order valence-electron chi connectivity index (χ0n) is 12.4. The fourth-order valence-electron chi connectivity index (χ4n) is 2.54. The number of hydrogen-bond acceptors (Lipinski definition) is 3. The lowest BCUT2D eigenvalue weighted by Gasteiger charge is -2.49. The van der Waals surface area contributed by atoms with Gasteiger partial charge in [0, 0.05) is 37.0 Å². The molecule has 1 aliphatic heterocycles. The lowest BCUT2D eigenvalue weighted by Crippen LogP contribution is -2.65. The molecule has 2 nitrogen and oxygen atoms in total. The van der Waals surface area contributed by atoms with E-state index in [0.29, 0.717) is 6.54 Å². The summed E-state index contributed by atoms with van der Waals surface area (Å²) in [6.07, 6.45) is 0. The van der Waals surface area contributed by atoms with Crippen LogP contribution in [-0.2, 0) is 0 Å². The molecule has 1 N–H and O–H groups in total. The van der Waals surface area contributed by atoms with Crippen LogP contribution in [0.4, 0.5) is 13.2 Å². The fourth-order valence-corrected chi connectivity index (χ4v) is 3.10. The van der Waals surface area contributed by atoms with Crippen molar-refractivity contribution in [2.24, 2.45) is 5.41 Å². The molecular formula is C13H25F3N2S. The molecule has 1 heterocycles. The Labute approximate surface area is 118 Å². The maximum Gasteiger partial charge on any atom is 0.441 e. The first-order valence-corrected chi connectivity index (χ1v) is 7.59. The summed E-state index contributed by atoms with van der Waals surface area (Å²) in [6, 6.07) is 0.273. The fraction of sp³-hybridized carbons (Fsp3) is 1.00. The Kier molecular flexibility index (Phi) is 5.24. The molecule has 0 amide bonds. The van der Waals surface area contributed by atoms with Gasteiger partial charge in [-0.25, -0.2) is 0 Å². The highest BCUT2D eigenvalue weighted by Crippen LogP contribution is 2.32. The molecule has 1 atom stereocenters. The number of nitrogens with one attached hydrogen (secondary N) is 1. The van der Waals surface area contributed by atoms with Crippen LogP contribution in [0, 0.1) is 5.41 Å². The lowest BCUT2D eigenvalue weighted by molar-refractivity contribution is -0.0331. The number of hydrogen-bond donors (Lipinski definition) is 1. The van der Waals surface area contributed by atoms with Crippen LogP contribution in [0.15, 0.2) is 0 Å². The molecule has 0 aromatic heterocycles. The van der Waals surface area contributed by atoms with Crippen molar-refractivity contribution in [3.8, 4) is 0 Å². The number of alkyl halides is 3. The third kappa shape index (κ3) is 5.92. The van der Waals surface area contributed by atoms with Crippen molar-refractivity contribution in [3.63, 3.8) is 0 Å². The zero-order chi connectivity index (χ0) is 14.9. The van der Waals surface area contributed by atoms with Crippen molar-refractivity contribution >= 4 is 11.8 Å². The van der Waals surface area contributed by atoms with E-state index in [0.717, 1.165) is 13.1 Å². The normalized spacial score (nSPS) is 25.6. The van der Waals surface area contributed by atoms with Crippen LogP contribution in [-0.4, -0.2) is 47.4 Å². The maximum absolute atomic E-state index is 12.2. The van der Waals surface area contributed by atoms with Crippen molar-refractivity contribution in [3.05, 3.63) is 0 Å². The van der Waals surface area contributed by atoms with E-state index in [2.05, 4.69) is 44.8 Å². The van der Waals surface area contributed by atoms with Gasteiger partial charge in [-0.2, -0.15) is 13.2 Å². The van der Waals surface area contributed by atoms with Gasteiger partial charge in [-0.15, -0.1) is 0 Å². The van der Waals surface area contributed by atoms with Gasteiger partial charge in [0.25, 0.3) is 0 Å². The van der Waals surface area contributed by atoms with E-state index in [-0.39, 0.29) is 34.5 Å². The minimum atomic E-state index is -4.12. The Morgan fingerprint density at radius 3 is 2.32 bits per heavy atom. The molecule has 6 heteroatoms. The van der Waals surface area contributed by atoms with Crippen molar-refractivity contribution < 1.29 is 13.2 Å². The predicted molar refractivity (Wildman–Crippen MR) is 75.4 cm³/mol. The summed E-state index contributed by atoms with van der Waals surface area (Å²) in [6.45, 7) is 12.7. The summed E-state index contributed by atoms with van der Waals surface area (Å²) in [5.41, 5.74) is -4.10. The highest BCUT2D eigenvalue weighted by molar-refractivity contribution is 8.00. The van der Waals surface area contributed by atoms with Crippen LogP contribution in [0.3, 0.4) is 0 Å². The Bertz CT molecular complexity index is 297. The molecule has 1 fully saturated rings. The minimum Gasteiger partial charge on any atom is -0.309 e.